The quantitative estimate of drug-likeness (QED) is 0.595. The van der Waals surface area contributed by atoms with Crippen LogP contribution in [0.4, 0.5) is 5.69 Å². The van der Waals surface area contributed by atoms with Crippen LogP contribution in [0, 0.1) is 11.8 Å². The summed E-state index contributed by atoms with van der Waals surface area (Å²) in [6.45, 7) is 1.71. The molecule has 1 amide bonds. The first-order valence-electron chi connectivity index (χ1n) is 10.3. The van der Waals surface area contributed by atoms with Gasteiger partial charge in [-0.15, -0.1) is 0 Å². The minimum Gasteiger partial charge on any atom is -0.284 e. The van der Waals surface area contributed by atoms with Crippen LogP contribution in [0.15, 0.2) is 59.7 Å². The molecule has 1 fully saturated rings. The Morgan fingerprint density at radius 3 is 2.55 bits per heavy atom. The Hall–Kier alpha value is -2.05. The highest BCUT2D eigenvalue weighted by Gasteiger charge is 2.37. The van der Waals surface area contributed by atoms with Crippen LogP contribution >= 0.6 is 34.8 Å². The highest BCUT2D eigenvalue weighted by Crippen LogP contribution is 2.40. The van der Waals surface area contributed by atoms with Crippen molar-refractivity contribution in [3.05, 3.63) is 75.2 Å². The van der Waals surface area contributed by atoms with Gasteiger partial charge in [-0.2, -0.15) is 5.10 Å². The van der Waals surface area contributed by atoms with E-state index < -0.39 is 0 Å². The van der Waals surface area contributed by atoms with Crippen LogP contribution < -0.4 is 10.4 Å². The summed E-state index contributed by atoms with van der Waals surface area (Å²) in [5.74, 6) is 0.949. The van der Waals surface area contributed by atoms with Gasteiger partial charge in [-0.05, 0) is 54.2 Å². The Balaban J connectivity index is 1.40. The fourth-order valence-electron chi connectivity index (χ4n) is 4.57. The van der Waals surface area contributed by atoms with E-state index in [9.17, 15) is 4.79 Å². The van der Waals surface area contributed by atoms with Gasteiger partial charge in [0.2, 0.25) is 0 Å². The number of nitrogens with one attached hydrogen (secondary N) is 1. The maximum Gasteiger partial charge on any atom is 0.281 e. The van der Waals surface area contributed by atoms with Crippen LogP contribution in [-0.2, 0) is 4.79 Å². The molecule has 31 heavy (non-hydrogen) atoms. The van der Waals surface area contributed by atoms with Gasteiger partial charge in [-0.25, -0.2) is 5.01 Å². The summed E-state index contributed by atoms with van der Waals surface area (Å²) in [5, 5.41) is 10.2. The first-order valence-corrected chi connectivity index (χ1v) is 11.4. The van der Waals surface area contributed by atoms with Crippen molar-refractivity contribution in [1.82, 2.24) is 10.4 Å². The summed E-state index contributed by atoms with van der Waals surface area (Å²) >= 11 is 18.6. The Labute approximate surface area is 196 Å². The van der Waals surface area contributed by atoms with Crippen molar-refractivity contribution < 1.29 is 4.79 Å². The molecule has 1 saturated heterocycles. The smallest absolute Gasteiger partial charge is 0.281 e. The topological polar surface area (TPSA) is 47.9 Å². The Morgan fingerprint density at radius 2 is 1.81 bits per heavy atom. The molecule has 1 N–H and O–H groups in total. The number of benzene rings is 2. The predicted octanol–water partition coefficient (Wildman–Crippen LogP) is 5.49. The van der Waals surface area contributed by atoms with Crippen molar-refractivity contribution >= 4 is 52.1 Å². The fraction of sp³-hybridized carbons (Fsp3) is 0.304. The number of hydrogen-bond acceptors (Lipinski definition) is 4. The lowest BCUT2D eigenvalue weighted by Gasteiger charge is -2.25. The second-order valence-electron chi connectivity index (χ2n) is 8.19. The number of hydrazine groups is 1. The monoisotopic (exact) mass is 474 g/mol. The molecule has 0 bridgehead atoms. The molecule has 2 aliphatic heterocycles. The molecule has 0 aromatic heterocycles. The third-order valence-corrected chi connectivity index (χ3v) is 6.95. The number of carbonyl (C=O) groups is 1. The van der Waals surface area contributed by atoms with Gasteiger partial charge in [-0.1, -0.05) is 59.1 Å². The summed E-state index contributed by atoms with van der Waals surface area (Å²) in [6, 6.07) is 12.7. The van der Waals surface area contributed by atoms with E-state index in [4.69, 9.17) is 34.8 Å². The molecule has 2 heterocycles. The maximum atomic E-state index is 13.1. The summed E-state index contributed by atoms with van der Waals surface area (Å²) in [7, 11) is 0. The highest BCUT2D eigenvalue weighted by molar-refractivity contribution is 6.40. The van der Waals surface area contributed by atoms with Gasteiger partial charge in [0.25, 0.3) is 5.91 Å². The van der Waals surface area contributed by atoms with E-state index in [1.165, 1.54) is 0 Å². The van der Waals surface area contributed by atoms with Crippen molar-refractivity contribution in [1.29, 1.82) is 0 Å². The van der Waals surface area contributed by atoms with E-state index >= 15 is 0 Å². The molecule has 2 unspecified atom stereocenters. The zero-order valence-corrected chi connectivity index (χ0v) is 18.9. The number of allylic oxidation sites excluding steroid dienone is 1. The van der Waals surface area contributed by atoms with E-state index in [0.29, 0.717) is 44.7 Å². The number of hydrogen-bond donors (Lipinski definition) is 1. The van der Waals surface area contributed by atoms with Crippen LogP contribution in [0.2, 0.25) is 15.1 Å². The van der Waals surface area contributed by atoms with Gasteiger partial charge in [-0.3, -0.25) is 15.2 Å². The zero-order valence-electron chi connectivity index (χ0n) is 16.6. The molecule has 8 heteroatoms. The molecule has 3 aliphatic rings. The lowest BCUT2D eigenvalue weighted by Crippen LogP contribution is -2.44. The average molecular weight is 476 g/mol. The SMILES string of the molecule is O=C(NN1CC2C=CCC2C1)C1=NN(c2ccc(Cl)cc2Cl)[C@@H](c2ccc(Cl)cc2)C1. The number of nitrogens with zero attached hydrogens (tertiary/aromatic N) is 3. The number of anilines is 1. The molecule has 3 atom stereocenters. The molecule has 2 aromatic rings. The van der Waals surface area contributed by atoms with Crippen molar-refractivity contribution in [2.45, 2.75) is 18.9 Å². The molecule has 0 saturated carbocycles. The fourth-order valence-corrected chi connectivity index (χ4v) is 5.19. The van der Waals surface area contributed by atoms with Gasteiger partial charge >= 0.3 is 0 Å². The number of rotatable bonds is 4. The first-order chi connectivity index (χ1) is 15.0. The second kappa shape index (κ2) is 8.47. The molecule has 0 radical (unpaired) electrons. The molecule has 0 spiro atoms. The Morgan fingerprint density at radius 1 is 1.03 bits per heavy atom. The van der Waals surface area contributed by atoms with Gasteiger partial charge < -0.3 is 0 Å². The maximum absolute atomic E-state index is 13.1. The standard InChI is InChI=1S/C23H21Cl3N4O/c24-17-6-4-14(5-7-17)22-11-20(27-30(22)21-9-8-18(25)10-19(21)26)23(31)28-29-12-15-2-1-3-16(15)13-29/h1-2,4-10,15-16,22H,3,11-13H2,(H,28,31)/t15?,16?,22-/m1/s1. The third-order valence-electron chi connectivity index (χ3n) is 6.16. The summed E-state index contributed by atoms with van der Waals surface area (Å²) < 4.78 is 0. The summed E-state index contributed by atoms with van der Waals surface area (Å²) in [5.41, 5.74) is 5.23. The molecule has 1 aliphatic carbocycles. The van der Waals surface area contributed by atoms with Crippen molar-refractivity contribution in [2.75, 3.05) is 18.1 Å². The van der Waals surface area contributed by atoms with Crippen LogP contribution in [-0.4, -0.2) is 29.7 Å². The van der Waals surface area contributed by atoms with E-state index in [0.717, 1.165) is 25.1 Å². The van der Waals surface area contributed by atoms with Crippen molar-refractivity contribution in [3.8, 4) is 0 Å². The lowest BCUT2D eigenvalue weighted by molar-refractivity contribution is -0.119. The number of amides is 1. The number of carbonyl (C=O) groups excluding carboxylic acids is 1. The van der Waals surface area contributed by atoms with Gasteiger partial charge in [0.1, 0.15) is 5.71 Å². The summed E-state index contributed by atoms with van der Waals surface area (Å²) in [6.07, 6.45) is 6.04. The molecule has 5 rings (SSSR count). The molecule has 2 aromatic carbocycles. The molecule has 160 valence electrons. The van der Waals surface area contributed by atoms with Crippen LogP contribution in [0.1, 0.15) is 24.4 Å². The minimum atomic E-state index is -0.171. The van der Waals surface area contributed by atoms with Crippen LogP contribution in [0.5, 0.6) is 0 Å². The molecule has 5 nitrogen and oxygen atoms in total. The first kappa shape index (κ1) is 20.8. The van der Waals surface area contributed by atoms with Gasteiger partial charge in [0.05, 0.1) is 16.8 Å². The number of fused-ring (bicyclic) bond motifs is 1. The second-order valence-corrected chi connectivity index (χ2v) is 9.47. The van der Waals surface area contributed by atoms with E-state index in [-0.39, 0.29) is 11.9 Å². The van der Waals surface area contributed by atoms with Crippen LogP contribution in [0.3, 0.4) is 0 Å². The largest absolute Gasteiger partial charge is 0.284 e. The van der Waals surface area contributed by atoms with Gasteiger partial charge in [0, 0.05) is 29.6 Å². The Kier molecular flexibility index (Phi) is 5.69. The zero-order chi connectivity index (χ0) is 21.5. The average Bonchev–Trinajstić information content (AvgIpc) is 3.43. The Bertz CT molecular complexity index is 1070. The number of hydrazone groups is 1. The normalized spacial score (nSPS) is 25.1. The van der Waals surface area contributed by atoms with Crippen LogP contribution in [0.25, 0.3) is 0 Å². The van der Waals surface area contributed by atoms with Gasteiger partial charge in [0.15, 0.2) is 0 Å². The number of halogens is 3. The highest BCUT2D eigenvalue weighted by atomic mass is 35.5. The molecular weight excluding hydrogens is 455 g/mol. The third kappa shape index (κ3) is 4.20. The molecular formula is C23H21Cl3N4O. The van der Waals surface area contributed by atoms with E-state index in [2.05, 4.69) is 22.7 Å². The van der Waals surface area contributed by atoms with E-state index in [1.54, 1.807) is 17.1 Å². The predicted molar refractivity (Wildman–Crippen MR) is 126 cm³/mol. The van der Waals surface area contributed by atoms with E-state index in [1.807, 2.05) is 35.3 Å². The summed E-state index contributed by atoms with van der Waals surface area (Å²) in [4.78, 5) is 13.1. The lowest BCUT2D eigenvalue weighted by atomic mass is 10.0. The minimum absolute atomic E-state index is 0.169. The van der Waals surface area contributed by atoms with Crippen molar-refractivity contribution in [2.24, 2.45) is 16.9 Å². The van der Waals surface area contributed by atoms with Crippen molar-refractivity contribution in [3.63, 3.8) is 0 Å².